The van der Waals surface area contributed by atoms with Crippen LogP contribution in [0.4, 0.5) is 0 Å². The van der Waals surface area contributed by atoms with Gasteiger partial charge in [-0.3, -0.25) is 9.69 Å². The number of hydrogen-bond acceptors (Lipinski definition) is 4. The van der Waals surface area contributed by atoms with Gasteiger partial charge in [-0.2, -0.15) is 0 Å². The van der Waals surface area contributed by atoms with Gasteiger partial charge in [0.05, 0.1) is 11.7 Å². The molecule has 0 aliphatic carbocycles. The number of aryl methyl sites for hydroxylation is 1. The maximum absolute atomic E-state index is 11.0. The standard InChI is InChI=1S/C8H12BrN5O/c1-13-6(7(9)11-12-13)4-14-3-2-5(14)8(10)15/h5H,2-4H2,1H3,(H2,10,15). The lowest BCUT2D eigenvalue weighted by molar-refractivity contribution is -0.127. The van der Waals surface area contributed by atoms with Crippen molar-refractivity contribution in [2.24, 2.45) is 12.8 Å². The summed E-state index contributed by atoms with van der Waals surface area (Å²) in [5, 5.41) is 7.76. The van der Waals surface area contributed by atoms with E-state index in [2.05, 4.69) is 26.2 Å². The van der Waals surface area contributed by atoms with Gasteiger partial charge in [-0.05, 0) is 22.4 Å². The van der Waals surface area contributed by atoms with Gasteiger partial charge in [-0.1, -0.05) is 5.21 Å². The minimum absolute atomic E-state index is 0.133. The largest absolute Gasteiger partial charge is 0.368 e. The molecule has 2 rings (SSSR count). The molecular weight excluding hydrogens is 262 g/mol. The van der Waals surface area contributed by atoms with Gasteiger partial charge in [0.25, 0.3) is 0 Å². The van der Waals surface area contributed by atoms with Gasteiger partial charge in [0.2, 0.25) is 5.91 Å². The van der Waals surface area contributed by atoms with Gasteiger partial charge in [0.1, 0.15) is 0 Å². The summed E-state index contributed by atoms with van der Waals surface area (Å²) >= 11 is 3.32. The minimum Gasteiger partial charge on any atom is -0.368 e. The average Bonchev–Trinajstić information content (AvgIpc) is 2.40. The first-order valence-electron chi connectivity index (χ1n) is 4.67. The Bertz CT molecular complexity index is 371. The first-order chi connectivity index (χ1) is 7.09. The van der Waals surface area contributed by atoms with E-state index in [1.165, 1.54) is 0 Å². The maximum Gasteiger partial charge on any atom is 0.234 e. The van der Waals surface area contributed by atoms with Gasteiger partial charge >= 0.3 is 0 Å². The molecule has 1 fully saturated rings. The lowest BCUT2D eigenvalue weighted by Crippen LogP contribution is -2.54. The zero-order valence-corrected chi connectivity index (χ0v) is 9.94. The Morgan fingerprint density at radius 3 is 2.87 bits per heavy atom. The van der Waals surface area contributed by atoms with Crippen LogP contribution in [0, 0.1) is 0 Å². The second-order valence-electron chi connectivity index (χ2n) is 3.63. The molecule has 1 atom stereocenters. The molecule has 1 aliphatic heterocycles. The van der Waals surface area contributed by atoms with Crippen molar-refractivity contribution in [3.8, 4) is 0 Å². The third-order valence-corrected chi connectivity index (χ3v) is 3.32. The van der Waals surface area contributed by atoms with Crippen LogP contribution >= 0.6 is 15.9 Å². The highest BCUT2D eigenvalue weighted by molar-refractivity contribution is 9.10. The molecule has 0 radical (unpaired) electrons. The number of likely N-dealkylation sites (tertiary alicyclic amines) is 1. The quantitative estimate of drug-likeness (QED) is 0.816. The van der Waals surface area contributed by atoms with Crippen molar-refractivity contribution in [2.75, 3.05) is 6.54 Å². The third-order valence-electron chi connectivity index (χ3n) is 2.71. The number of aromatic nitrogens is 3. The summed E-state index contributed by atoms with van der Waals surface area (Å²) in [6.45, 7) is 1.54. The van der Waals surface area contributed by atoms with Crippen molar-refractivity contribution in [3.05, 3.63) is 10.3 Å². The molecule has 1 amide bonds. The lowest BCUT2D eigenvalue weighted by atomic mass is 10.0. The number of primary amides is 1. The molecule has 2 heterocycles. The van der Waals surface area contributed by atoms with Crippen LogP contribution < -0.4 is 5.73 Å². The molecule has 0 saturated carbocycles. The van der Waals surface area contributed by atoms with E-state index < -0.39 is 0 Å². The number of hydrogen-bond donors (Lipinski definition) is 1. The van der Waals surface area contributed by atoms with Crippen LogP contribution in [0.25, 0.3) is 0 Å². The van der Waals surface area contributed by atoms with Gasteiger partial charge in [-0.25, -0.2) is 4.68 Å². The minimum atomic E-state index is -0.257. The number of nitrogens with two attached hydrogens (primary N) is 1. The van der Waals surface area contributed by atoms with Crippen LogP contribution in [0.2, 0.25) is 0 Å². The van der Waals surface area contributed by atoms with Crippen LogP contribution in [0.3, 0.4) is 0 Å². The average molecular weight is 274 g/mol. The summed E-state index contributed by atoms with van der Waals surface area (Å²) in [6, 6.07) is -0.133. The monoisotopic (exact) mass is 273 g/mol. The van der Waals surface area contributed by atoms with Crippen molar-refractivity contribution >= 4 is 21.8 Å². The highest BCUT2D eigenvalue weighted by Gasteiger charge is 2.33. The smallest absolute Gasteiger partial charge is 0.234 e. The first kappa shape index (κ1) is 10.6. The van der Waals surface area contributed by atoms with Crippen LogP contribution in [-0.4, -0.2) is 38.4 Å². The fourth-order valence-electron chi connectivity index (χ4n) is 1.66. The first-order valence-corrected chi connectivity index (χ1v) is 5.46. The predicted molar refractivity (Wildman–Crippen MR) is 56.7 cm³/mol. The van der Waals surface area contributed by atoms with Crippen molar-refractivity contribution in [1.82, 2.24) is 19.9 Å². The van der Waals surface area contributed by atoms with Crippen LogP contribution in [0.5, 0.6) is 0 Å². The van der Waals surface area contributed by atoms with E-state index in [9.17, 15) is 4.79 Å². The van der Waals surface area contributed by atoms with Gasteiger partial charge in [0, 0.05) is 20.1 Å². The summed E-state index contributed by atoms with van der Waals surface area (Å²) in [4.78, 5) is 13.0. The second kappa shape index (κ2) is 3.90. The van der Waals surface area contributed by atoms with Crippen molar-refractivity contribution in [3.63, 3.8) is 0 Å². The zero-order valence-electron chi connectivity index (χ0n) is 8.35. The fourth-order valence-corrected chi connectivity index (χ4v) is 2.12. The normalized spacial score (nSPS) is 21.3. The molecule has 7 heteroatoms. The molecule has 1 unspecified atom stereocenters. The summed E-state index contributed by atoms with van der Waals surface area (Å²) in [6.07, 6.45) is 0.845. The highest BCUT2D eigenvalue weighted by atomic mass is 79.9. The molecule has 15 heavy (non-hydrogen) atoms. The van der Waals surface area contributed by atoms with Gasteiger partial charge in [0.15, 0.2) is 4.60 Å². The number of halogens is 1. The van der Waals surface area contributed by atoms with E-state index in [-0.39, 0.29) is 11.9 Å². The molecule has 1 saturated heterocycles. The van der Waals surface area contributed by atoms with Gasteiger partial charge < -0.3 is 5.73 Å². The number of carbonyl (C=O) groups is 1. The Morgan fingerprint density at radius 2 is 2.47 bits per heavy atom. The van der Waals surface area contributed by atoms with Crippen molar-refractivity contribution < 1.29 is 4.79 Å². The number of nitrogens with zero attached hydrogens (tertiary/aromatic N) is 4. The Balaban J connectivity index is 2.07. The molecular formula is C8H12BrN5O. The lowest BCUT2D eigenvalue weighted by Gasteiger charge is -2.38. The Hall–Kier alpha value is -0.950. The molecule has 1 aromatic rings. The van der Waals surface area contributed by atoms with E-state index in [0.29, 0.717) is 6.54 Å². The van der Waals surface area contributed by atoms with Crippen molar-refractivity contribution in [1.29, 1.82) is 0 Å². The molecule has 0 bridgehead atoms. The van der Waals surface area contributed by atoms with E-state index in [1.54, 1.807) is 4.68 Å². The van der Waals surface area contributed by atoms with Crippen molar-refractivity contribution in [2.45, 2.75) is 19.0 Å². The second-order valence-corrected chi connectivity index (χ2v) is 4.38. The molecule has 1 aromatic heterocycles. The molecule has 0 aromatic carbocycles. The van der Waals surface area contributed by atoms with Gasteiger partial charge in [-0.15, -0.1) is 5.10 Å². The summed E-state index contributed by atoms with van der Waals surface area (Å²) in [7, 11) is 1.83. The topological polar surface area (TPSA) is 77.0 Å². The van der Waals surface area contributed by atoms with Crippen LogP contribution in [0.1, 0.15) is 12.1 Å². The Morgan fingerprint density at radius 1 is 1.73 bits per heavy atom. The summed E-state index contributed by atoms with van der Waals surface area (Å²) in [5.41, 5.74) is 6.22. The summed E-state index contributed by atoms with van der Waals surface area (Å²) in [5.74, 6) is -0.257. The fraction of sp³-hybridized carbons (Fsp3) is 0.625. The number of carbonyl (C=O) groups excluding carboxylic acids is 1. The zero-order chi connectivity index (χ0) is 11.0. The predicted octanol–water partition coefficient (Wildman–Crippen LogP) is -0.363. The molecule has 0 spiro atoms. The highest BCUT2D eigenvalue weighted by Crippen LogP contribution is 2.22. The van der Waals surface area contributed by atoms with E-state index >= 15 is 0 Å². The van der Waals surface area contributed by atoms with E-state index in [1.807, 2.05) is 11.9 Å². The molecule has 2 N–H and O–H groups in total. The van der Waals surface area contributed by atoms with E-state index in [4.69, 9.17) is 5.73 Å². The number of rotatable bonds is 3. The summed E-state index contributed by atoms with van der Waals surface area (Å²) < 4.78 is 2.42. The molecule has 82 valence electrons. The van der Waals surface area contributed by atoms with Crippen LogP contribution in [-0.2, 0) is 18.4 Å². The Labute approximate surface area is 95.5 Å². The Kier molecular flexibility index (Phi) is 2.74. The molecule has 6 nitrogen and oxygen atoms in total. The third kappa shape index (κ3) is 1.89. The maximum atomic E-state index is 11.0. The number of amides is 1. The molecule has 1 aliphatic rings. The van der Waals surface area contributed by atoms with E-state index in [0.717, 1.165) is 23.3 Å². The van der Waals surface area contributed by atoms with Crippen LogP contribution in [0.15, 0.2) is 4.60 Å². The SMILES string of the molecule is Cn1nnc(Br)c1CN1CCC1C(N)=O.